The Morgan fingerprint density at radius 2 is 2.33 bits per heavy atom. The van der Waals surface area contributed by atoms with Crippen LogP contribution < -0.4 is 4.74 Å². The monoisotopic (exact) mass is 225 g/mol. The van der Waals surface area contributed by atoms with Crippen LogP contribution in [0.1, 0.15) is 15.9 Å². The minimum absolute atomic E-state index is 0.0735. The first-order valence-corrected chi connectivity index (χ1v) is 4.57. The van der Waals surface area contributed by atoms with E-state index >= 15 is 0 Å². The lowest BCUT2D eigenvalue weighted by Gasteiger charge is -2.07. The van der Waals surface area contributed by atoms with Gasteiger partial charge >= 0.3 is 0 Å². The number of nitriles is 1. The Hall–Kier alpha value is -1.73. The SMILES string of the molecule is COc1cc(O)cc(C(=O)CCl)c1C#N. The van der Waals surface area contributed by atoms with Crippen LogP contribution in [0.25, 0.3) is 0 Å². The molecule has 5 heteroatoms. The molecule has 0 aromatic heterocycles. The van der Waals surface area contributed by atoms with Crippen molar-refractivity contribution in [2.24, 2.45) is 0 Å². The normalized spacial score (nSPS) is 9.40. The molecule has 1 N–H and O–H groups in total. The molecule has 78 valence electrons. The molecule has 0 aliphatic rings. The highest BCUT2D eigenvalue weighted by Crippen LogP contribution is 2.27. The van der Waals surface area contributed by atoms with E-state index in [-0.39, 0.29) is 28.5 Å². The lowest BCUT2D eigenvalue weighted by Crippen LogP contribution is -2.04. The summed E-state index contributed by atoms with van der Waals surface area (Å²) in [6.07, 6.45) is 0. The number of phenolic OH excluding ortho intramolecular Hbond substituents is 1. The van der Waals surface area contributed by atoms with Gasteiger partial charge in [0.15, 0.2) is 5.78 Å². The lowest BCUT2D eigenvalue weighted by atomic mass is 10.0. The molecular formula is C10H8ClNO3. The third-order valence-corrected chi connectivity index (χ3v) is 2.08. The van der Waals surface area contributed by atoms with Crippen molar-refractivity contribution in [3.63, 3.8) is 0 Å². The number of ether oxygens (including phenoxy) is 1. The summed E-state index contributed by atoms with van der Waals surface area (Å²) in [6, 6.07) is 4.31. The molecule has 15 heavy (non-hydrogen) atoms. The van der Waals surface area contributed by atoms with E-state index in [1.165, 1.54) is 19.2 Å². The van der Waals surface area contributed by atoms with Gasteiger partial charge in [-0.2, -0.15) is 5.26 Å². The maximum absolute atomic E-state index is 11.4. The topological polar surface area (TPSA) is 70.3 Å². The fourth-order valence-electron chi connectivity index (χ4n) is 1.17. The van der Waals surface area contributed by atoms with Gasteiger partial charge in [0.25, 0.3) is 0 Å². The molecule has 0 unspecified atom stereocenters. The molecule has 0 atom stereocenters. The zero-order chi connectivity index (χ0) is 11.4. The number of alkyl halides is 1. The summed E-state index contributed by atoms with van der Waals surface area (Å²) in [5.41, 5.74) is 0.158. The molecule has 0 heterocycles. The summed E-state index contributed by atoms with van der Waals surface area (Å²) < 4.78 is 4.87. The number of carbonyl (C=O) groups is 1. The Kier molecular flexibility index (Phi) is 3.53. The minimum atomic E-state index is -0.428. The van der Waals surface area contributed by atoms with Gasteiger partial charge in [0.2, 0.25) is 0 Å². The molecule has 0 saturated carbocycles. The van der Waals surface area contributed by atoms with Crippen molar-refractivity contribution in [3.05, 3.63) is 23.3 Å². The summed E-state index contributed by atoms with van der Waals surface area (Å²) >= 11 is 5.38. The summed E-state index contributed by atoms with van der Waals surface area (Å²) in [5, 5.41) is 18.2. The van der Waals surface area contributed by atoms with Gasteiger partial charge in [-0.05, 0) is 6.07 Å². The van der Waals surface area contributed by atoms with Crippen LogP contribution in [-0.4, -0.2) is 23.9 Å². The van der Waals surface area contributed by atoms with E-state index in [0.717, 1.165) is 0 Å². The Labute approximate surface area is 91.7 Å². The number of Topliss-reactive ketones (excluding diaryl/α,β-unsaturated/α-hetero) is 1. The fourth-order valence-corrected chi connectivity index (χ4v) is 1.31. The summed E-state index contributed by atoms with van der Waals surface area (Å²) in [6.45, 7) is 0. The van der Waals surface area contributed by atoms with E-state index in [9.17, 15) is 9.90 Å². The fraction of sp³-hybridized carbons (Fsp3) is 0.200. The van der Waals surface area contributed by atoms with Gasteiger partial charge in [-0.15, -0.1) is 11.6 Å². The van der Waals surface area contributed by atoms with Crippen LogP contribution in [0.3, 0.4) is 0 Å². The molecule has 0 radical (unpaired) electrons. The smallest absolute Gasteiger partial charge is 0.179 e. The highest BCUT2D eigenvalue weighted by atomic mass is 35.5. The standard InChI is InChI=1S/C10H8ClNO3/c1-15-10-3-6(13)2-7(8(10)5-12)9(14)4-11/h2-3,13H,4H2,1H3. The van der Waals surface area contributed by atoms with E-state index in [1.54, 1.807) is 0 Å². The molecule has 0 saturated heterocycles. The number of aromatic hydroxyl groups is 1. The number of nitrogens with zero attached hydrogens (tertiary/aromatic N) is 1. The van der Waals surface area contributed by atoms with E-state index in [1.807, 2.05) is 6.07 Å². The number of ketones is 1. The predicted octanol–water partition coefficient (Wildman–Crippen LogP) is 1.69. The Morgan fingerprint density at radius 1 is 1.67 bits per heavy atom. The molecule has 0 amide bonds. The number of halogens is 1. The van der Waals surface area contributed by atoms with Gasteiger partial charge in [-0.25, -0.2) is 0 Å². The van der Waals surface area contributed by atoms with Gasteiger partial charge in [0, 0.05) is 11.6 Å². The zero-order valence-corrected chi connectivity index (χ0v) is 8.71. The largest absolute Gasteiger partial charge is 0.508 e. The third-order valence-electron chi connectivity index (χ3n) is 1.84. The van der Waals surface area contributed by atoms with E-state index in [2.05, 4.69) is 0 Å². The Bertz CT molecular complexity index is 437. The summed E-state index contributed by atoms with van der Waals surface area (Å²) in [4.78, 5) is 11.4. The second-order valence-electron chi connectivity index (χ2n) is 2.74. The van der Waals surface area contributed by atoms with Crippen LogP contribution in [0.4, 0.5) is 0 Å². The van der Waals surface area contributed by atoms with Gasteiger partial charge in [-0.3, -0.25) is 4.79 Å². The van der Waals surface area contributed by atoms with Crippen LogP contribution in [0.15, 0.2) is 12.1 Å². The van der Waals surface area contributed by atoms with Crippen molar-refractivity contribution in [2.45, 2.75) is 0 Å². The molecule has 0 spiro atoms. The van der Waals surface area contributed by atoms with Gasteiger partial charge in [-0.1, -0.05) is 0 Å². The summed E-state index contributed by atoms with van der Waals surface area (Å²) in [7, 11) is 1.35. The molecule has 0 bridgehead atoms. The molecule has 1 aromatic rings. The molecular weight excluding hydrogens is 218 g/mol. The van der Waals surface area contributed by atoms with Crippen LogP contribution >= 0.6 is 11.6 Å². The van der Waals surface area contributed by atoms with Gasteiger partial charge in [0.05, 0.1) is 13.0 Å². The average molecular weight is 226 g/mol. The number of benzene rings is 1. The third kappa shape index (κ3) is 2.20. The lowest BCUT2D eigenvalue weighted by molar-refractivity contribution is 0.102. The highest BCUT2D eigenvalue weighted by molar-refractivity contribution is 6.30. The zero-order valence-electron chi connectivity index (χ0n) is 7.95. The van der Waals surface area contributed by atoms with E-state index < -0.39 is 5.78 Å². The van der Waals surface area contributed by atoms with Crippen LogP contribution in [0.2, 0.25) is 0 Å². The van der Waals surface area contributed by atoms with Crippen LogP contribution in [0, 0.1) is 11.3 Å². The molecule has 1 rings (SSSR count). The first-order valence-electron chi connectivity index (χ1n) is 4.04. The van der Waals surface area contributed by atoms with E-state index in [4.69, 9.17) is 21.6 Å². The van der Waals surface area contributed by atoms with E-state index in [0.29, 0.717) is 0 Å². The molecule has 4 nitrogen and oxygen atoms in total. The Morgan fingerprint density at radius 3 is 2.80 bits per heavy atom. The molecule has 0 aliphatic heterocycles. The Balaban J connectivity index is 3.43. The number of phenols is 1. The molecule has 1 aromatic carbocycles. The average Bonchev–Trinajstić information content (AvgIpc) is 2.26. The molecule has 0 fully saturated rings. The number of hydrogen-bond donors (Lipinski definition) is 1. The number of rotatable bonds is 3. The quantitative estimate of drug-likeness (QED) is 0.628. The maximum Gasteiger partial charge on any atom is 0.179 e. The first-order chi connectivity index (χ1) is 7.13. The maximum atomic E-state index is 11.4. The predicted molar refractivity (Wildman–Crippen MR) is 54.4 cm³/mol. The van der Waals surface area contributed by atoms with Crippen molar-refractivity contribution in [1.82, 2.24) is 0 Å². The number of methoxy groups -OCH3 is 1. The van der Waals surface area contributed by atoms with Gasteiger partial charge < -0.3 is 9.84 Å². The molecule has 0 aliphatic carbocycles. The van der Waals surface area contributed by atoms with Crippen molar-refractivity contribution in [2.75, 3.05) is 13.0 Å². The first kappa shape index (κ1) is 11.3. The van der Waals surface area contributed by atoms with Crippen molar-refractivity contribution in [3.8, 4) is 17.6 Å². The summed E-state index contributed by atoms with van der Waals surface area (Å²) in [5.74, 6) is -0.658. The van der Waals surface area contributed by atoms with Crippen LogP contribution in [0.5, 0.6) is 11.5 Å². The van der Waals surface area contributed by atoms with Crippen molar-refractivity contribution < 1.29 is 14.6 Å². The van der Waals surface area contributed by atoms with Gasteiger partial charge in [0.1, 0.15) is 23.1 Å². The van der Waals surface area contributed by atoms with Crippen molar-refractivity contribution >= 4 is 17.4 Å². The van der Waals surface area contributed by atoms with Crippen molar-refractivity contribution in [1.29, 1.82) is 5.26 Å². The highest BCUT2D eigenvalue weighted by Gasteiger charge is 2.16. The minimum Gasteiger partial charge on any atom is -0.508 e. The number of carbonyl (C=O) groups excluding carboxylic acids is 1. The second kappa shape index (κ2) is 4.67. The number of hydrogen-bond acceptors (Lipinski definition) is 4. The second-order valence-corrected chi connectivity index (χ2v) is 3.01. The van der Waals surface area contributed by atoms with Crippen LogP contribution in [-0.2, 0) is 0 Å².